The van der Waals surface area contributed by atoms with E-state index in [1.54, 1.807) is 12.1 Å². The molecule has 0 spiro atoms. The van der Waals surface area contributed by atoms with Crippen molar-refractivity contribution in [1.82, 2.24) is 4.98 Å². The number of ketones is 1. The molecule has 0 aliphatic rings. The van der Waals surface area contributed by atoms with Gasteiger partial charge in [0.25, 0.3) is 0 Å². The Hall–Kier alpha value is -1.07. The van der Waals surface area contributed by atoms with Crippen molar-refractivity contribution >= 4 is 38.9 Å². The van der Waals surface area contributed by atoms with Gasteiger partial charge in [0.2, 0.25) is 5.78 Å². The number of para-hydroxylation sites is 1. The zero-order valence-electron chi connectivity index (χ0n) is 7.91. The molecule has 0 saturated carbocycles. The summed E-state index contributed by atoms with van der Waals surface area (Å²) in [4.78, 5) is 15.1. The highest BCUT2D eigenvalue weighted by molar-refractivity contribution is 7.18. The van der Waals surface area contributed by atoms with Crippen LogP contribution in [0.3, 0.4) is 0 Å². The summed E-state index contributed by atoms with van der Waals surface area (Å²) in [5.74, 6) is -1.33. The molecule has 6 heteroatoms. The van der Waals surface area contributed by atoms with Gasteiger partial charge in [-0.1, -0.05) is 12.1 Å². The second kappa shape index (κ2) is 4.07. The van der Waals surface area contributed by atoms with Crippen LogP contribution in [0.2, 0.25) is 0 Å². The van der Waals surface area contributed by atoms with Crippen LogP contribution in [-0.4, -0.2) is 16.1 Å². The van der Waals surface area contributed by atoms with Crippen LogP contribution in [-0.2, 0) is 11.2 Å². The van der Waals surface area contributed by atoms with Gasteiger partial charge >= 0.3 is 5.38 Å². The average Bonchev–Trinajstić information content (AvgIpc) is 2.58. The second-order valence-electron chi connectivity index (χ2n) is 3.17. The maximum absolute atomic E-state index is 12.4. The summed E-state index contributed by atoms with van der Waals surface area (Å²) in [7, 11) is 0. The summed E-state index contributed by atoms with van der Waals surface area (Å²) in [6.07, 6.45) is -0.435. The van der Waals surface area contributed by atoms with Gasteiger partial charge in [-0.15, -0.1) is 11.3 Å². The molecule has 1 aromatic carbocycles. The van der Waals surface area contributed by atoms with Crippen molar-refractivity contribution in [3.63, 3.8) is 0 Å². The van der Waals surface area contributed by atoms with E-state index in [9.17, 15) is 13.6 Å². The topological polar surface area (TPSA) is 30.0 Å². The number of benzene rings is 1. The standard InChI is InChI=1S/C10H6ClF2NOS/c11-10(12,13)8(15)5-9-14-6-3-1-2-4-7(6)16-9/h1-4H,5H2. The number of alkyl halides is 3. The van der Waals surface area contributed by atoms with Crippen molar-refractivity contribution < 1.29 is 13.6 Å². The summed E-state index contributed by atoms with van der Waals surface area (Å²) in [6, 6.07) is 7.20. The van der Waals surface area contributed by atoms with Gasteiger partial charge in [0.05, 0.1) is 16.6 Å². The Labute approximate surface area is 98.9 Å². The third kappa shape index (κ3) is 2.36. The van der Waals surface area contributed by atoms with Crippen LogP contribution < -0.4 is 0 Å². The number of rotatable bonds is 3. The highest BCUT2D eigenvalue weighted by atomic mass is 35.5. The Morgan fingerprint density at radius 2 is 2.12 bits per heavy atom. The predicted molar refractivity (Wildman–Crippen MR) is 59.1 cm³/mol. The van der Waals surface area contributed by atoms with Gasteiger partial charge in [-0.05, 0) is 23.7 Å². The molecular weight excluding hydrogens is 256 g/mol. The Balaban J connectivity index is 2.25. The van der Waals surface area contributed by atoms with E-state index in [1.165, 1.54) is 11.3 Å². The number of hydrogen-bond acceptors (Lipinski definition) is 3. The molecule has 0 N–H and O–H groups in total. The number of Topliss-reactive ketones (excluding diaryl/α,β-unsaturated/α-hetero) is 1. The lowest BCUT2D eigenvalue weighted by atomic mass is 10.3. The third-order valence-corrected chi connectivity index (χ3v) is 3.21. The number of nitrogens with zero attached hydrogens (tertiary/aromatic N) is 1. The molecule has 16 heavy (non-hydrogen) atoms. The summed E-state index contributed by atoms with van der Waals surface area (Å²) in [6.45, 7) is 0. The van der Waals surface area contributed by atoms with Crippen LogP contribution in [0, 0.1) is 0 Å². The SMILES string of the molecule is O=C(Cc1nc2ccccc2s1)C(F)(F)Cl. The molecule has 0 saturated heterocycles. The molecule has 0 aliphatic carbocycles. The molecule has 2 aromatic rings. The van der Waals surface area contributed by atoms with Crippen molar-refractivity contribution in [1.29, 1.82) is 0 Å². The maximum Gasteiger partial charge on any atom is 0.380 e. The smallest absolute Gasteiger partial charge is 0.291 e. The van der Waals surface area contributed by atoms with Crippen LogP contribution in [0.1, 0.15) is 5.01 Å². The van der Waals surface area contributed by atoms with E-state index in [2.05, 4.69) is 16.6 Å². The minimum atomic E-state index is -3.81. The van der Waals surface area contributed by atoms with Crippen LogP contribution in [0.15, 0.2) is 24.3 Å². The van der Waals surface area contributed by atoms with Gasteiger partial charge in [-0.25, -0.2) is 4.98 Å². The van der Waals surface area contributed by atoms with Gasteiger partial charge in [0, 0.05) is 0 Å². The van der Waals surface area contributed by atoms with E-state index in [4.69, 9.17) is 0 Å². The molecule has 0 aliphatic heterocycles. The minimum absolute atomic E-state index is 0.353. The fourth-order valence-corrected chi connectivity index (χ4v) is 2.27. The van der Waals surface area contributed by atoms with Crippen molar-refractivity contribution in [2.45, 2.75) is 11.8 Å². The van der Waals surface area contributed by atoms with Gasteiger partial charge in [-0.3, -0.25) is 4.79 Å². The highest BCUT2D eigenvalue weighted by Gasteiger charge is 2.35. The van der Waals surface area contributed by atoms with Crippen molar-refractivity contribution in [3.05, 3.63) is 29.3 Å². The molecule has 0 fully saturated rings. The lowest BCUT2D eigenvalue weighted by Gasteiger charge is -2.03. The molecule has 0 radical (unpaired) electrons. The van der Waals surface area contributed by atoms with Gasteiger partial charge in [0.15, 0.2) is 0 Å². The lowest BCUT2D eigenvalue weighted by molar-refractivity contribution is -0.132. The van der Waals surface area contributed by atoms with E-state index in [0.717, 1.165) is 4.70 Å². The summed E-state index contributed by atoms with van der Waals surface area (Å²) >= 11 is 5.84. The molecule has 1 aromatic heterocycles. The molecule has 0 unspecified atom stereocenters. The largest absolute Gasteiger partial charge is 0.380 e. The normalized spacial score (nSPS) is 11.9. The van der Waals surface area contributed by atoms with E-state index < -0.39 is 17.6 Å². The van der Waals surface area contributed by atoms with Crippen molar-refractivity contribution in [2.24, 2.45) is 0 Å². The first-order valence-corrected chi connectivity index (χ1v) is 5.61. The number of hydrogen-bond donors (Lipinski definition) is 0. The average molecular weight is 262 g/mol. The molecule has 2 nitrogen and oxygen atoms in total. The number of fused-ring (bicyclic) bond motifs is 1. The van der Waals surface area contributed by atoms with Crippen LogP contribution in [0.4, 0.5) is 8.78 Å². The predicted octanol–water partition coefficient (Wildman–Crippen LogP) is 3.24. The van der Waals surface area contributed by atoms with Crippen molar-refractivity contribution in [3.8, 4) is 0 Å². The zero-order valence-corrected chi connectivity index (χ0v) is 9.49. The van der Waals surface area contributed by atoms with E-state index in [0.29, 0.717) is 10.5 Å². The number of carbonyl (C=O) groups excluding carboxylic acids is 1. The number of carbonyl (C=O) groups is 1. The van der Waals surface area contributed by atoms with E-state index >= 15 is 0 Å². The second-order valence-corrected chi connectivity index (χ2v) is 4.76. The number of halogens is 3. The van der Waals surface area contributed by atoms with Gasteiger partial charge < -0.3 is 0 Å². The molecule has 84 valence electrons. The Morgan fingerprint density at radius 1 is 1.44 bits per heavy atom. The molecule has 1 heterocycles. The van der Waals surface area contributed by atoms with Crippen LogP contribution >= 0.6 is 22.9 Å². The van der Waals surface area contributed by atoms with Crippen molar-refractivity contribution in [2.75, 3.05) is 0 Å². The Bertz CT molecular complexity index is 502. The first kappa shape index (κ1) is 11.4. The fourth-order valence-electron chi connectivity index (χ4n) is 1.23. The Kier molecular flexibility index (Phi) is 2.90. The summed E-state index contributed by atoms with van der Waals surface area (Å²) < 4.78 is 25.8. The van der Waals surface area contributed by atoms with Crippen LogP contribution in [0.5, 0.6) is 0 Å². The minimum Gasteiger partial charge on any atom is -0.291 e. The molecular formula is C10H6ClF2NOS. The first-order valence-electron chi connectivity index (χ1n) is 4.41. The van der Waals surface area contributed by atoms with Gasteiger partial charge in [-0.2, -0.15) is 8.78 Å². The monoisotopic (exact) mass is 261 g/mol. The molecule has 0 atom stereocenters. The molecule has 0 bridgehead atoms. The quantitative estimate of drug-likeness (QED) is 0.794. The van der Waals surface area contributed by atoms with E-state index in [-0.39, 0.29) is 0 Å². The fraction of sp³-hybridized carbons (Fsp3) is 0.200. The highest BCUT2D eigenvalue weighted by Crippen LogP contribution is 2.26. The summed E-state index contributed by atoms with van der Waals surface area (Å²) in [5, 5.41) is -3.45. The molecule has 2 rings (SSSR count). The maximum atomic E-state index is 12.4. The van der Waals surface area contributed by atoms with Crippen LogP contribution in [0.25, 0.3) is 10.2 Å². The number of thiazole rings is 1. The third-order valence-electron chi connectivity index (χ3n) is 1.97. The first-order chi connectivity index (χ1) is 7.47. The summed E-state index contributed by atoms with van der Waals surface area (Å²) in [5.41, 5.74) is 0.702. The zero-order chi connectivity index (χ0) is 11.8. The van der Waals surface area contributed by atoms with Gasteiger partial charge in [0.1, 0.15) is 5.01 Å². The van der Waals surface area contributed by atoms with E-state index in [1.807, 2.05) is 12.1 Å². The lowest BCUT2D eigenvalue weighted by Crippen LogP contribution is -2.23. The molecule has 0 amide bonds. The Morgan fingerprint density at radius 3 is 2.75 bits per heavy atom. The number of aromatic nitrogens is 1.